The summed E-state index contributed by atoms with van der Waals surface area (Å²) in [4.78, 5) is 12.3. The molecule has 1 amide bonds. The molecule has 1 aromatic rings. The molecule has 0 aromatic heterocycles. The van der Waals surface area contributed by atoms with Gasteiger partial charge in [-0.15, -0.1) is 0 Å². The highest BCUT2D eigenvalue weighted by atomic mass is 19.1. The Balaban J connectivity index is 2.96. The van der Waals surface area contributed by atoms with E-state index in [2.05, 4.69) is 0 Å². The molecule has 0 radical (unpaired) electrons. The zero-order valence-electron chi connectivity index (χ0n) is 8.65. The molecule has 0 saturated carbocycles. The molecule has 88 valence electrons. The van der Waals surface area contributed by atoms with E-state index in [1.165, 1.54) is 7.05 Å². The fourth-order valence-corrected chi connectivity index (χ4v) is 1.20. The Morgan fingerprint density at radius 2 is 2.19 bits per heavy atom. The minimum absolute atomic E-state index is 0.112. The highest BCUT2D eigenvalue weighted by molar-refractivity contribution is 5.96. The van der Waals surface area contributed by atoms with Crippen molar-refractivity contribution in [1.82, 2.24) is 0 Å². The number of likely N-dealkylation sites (N-methyl/N-ethyl adjacent to an activating group) is 1. The van der Waals surface area contributed by atoms with Gasteiger partial charge in [-0.25, -0.2) is 8.78 Å². The second kappa shape index (κ2) is 5.00. The molecule has 1 unspecified atom stereocenters. The smallest absolute Gasteiger partial charge is 0.256 e. The molecule has 3 N–H and O–H groups in total. The number of hydrogen-bond donors (Lipinski definition) is 2. The van der Waals surface area contributed by atoms with E-state index in [0.29, 0.717) is 6.07 Å². The normalized spacial score (nSPS) is 12.3. The molecule has 0 aliphatic rings. The van der Waals surface area contributed by atoms with Gasteiger partial charge in [-0.05, 0) is 12.1 Å². The molecule has 1 rings (SSSR count). The Morgan fingerprint density at radius 1 is 1.56 bits per heavy atom. The summed E-state index contributed by atoms with van der Waals surface area (Å²) in [6.45, 7) is -0.258. The second-order valence-electron chi connectivity index (χ2n) is 3.24. The quantitative estimate of drug-likeness (QED) is 0.782. The van der Waals surface area contributed by atoms with Gasteiger partial charge >= 0.3 is 0 Å². The van der Waals surface area contributed by atoms with Crippen molar-refractivity contribution in [3.8, 4) is 0 Å². The van der Waals surface area contributed by atoms with Gasteiger partial charge in [0, 0.05) is 19.7 Å². The summed E-state index contributed by atoms with van der Waals surface area (Å²) in [5, 5.41) is 9.19. The molecule has 0 spiro atoms. The Kier molecular flexibility index (Phi) is 3.92. The summed E-state index contributed by atoms with van der Waals surface area (Å²) in [6.07, 6.45) is -1.39. The van der Waals surface area contributed by atoms with Crippen LogP contribution in [0, 0.1) is 11.6 Å². The molecule has 0 fully saturated rings. The highest BCUT2D eigenvalue weighted by Crippen LogP contribution is 2.19. The molecule has 4 nitrogen and oxygen atoms in total. The molecule has 0 aliphatic carbocycles. The van der Waals surface area contributed by atoms with Crippen LogP contribution in [0.4, 0.5) is 14.5 Å². The Morgan fingerprint density at radius 3 is 2.69 bits per heavy atom. The third-order valence-corrected chi connectivity index (χ3v) is 2.11. The van der Waals surface area contributed by atoms with Gasteiger partial charge < -0.3 is 15.7 Å². The van der Waals surface area contributed by atoms with Crippen LogP contribution in [0.3, 0.4) is 0 Å². The monoisotopic (exact) mass is 230 g/mol. The van der Waals surface area contributed by atoms with Crippen LogP contribution in [0.1, 0.15) is 0 Å². The van der Waals surface area contributed by atoms with E-state index in [-0.39, 0.29) is 12.2 Å². The standard InChI is InChI=1S/C10H12F2N2O2/c1-14(10(16)9(15)5-13)8-3-2-6(11)4-7(8)12/h2-4,9,15H,5,13H2,1H3. The molecule has 16 heavy (non-hydrogen) atoms. The van der Waals surface area contributed by atoms with Crippen LogP contribution in [0.25, 0.3) is 0 Å². The lowest BCUT2D eigenvalue weighted by Crippen LogP contribution is -2.40. The van der Waals surface area contributed by atoms with Crippen LogP contribution in [-0.4, -0.2) is 30.7 Å². The molecule has 0 bridgehead atoms. The average Bonchev–Trinajstić information content (AvgIpc) is 2.26. The number of rotatable bonds is 3. The molecule has 1 atom stereocenters. The molecule has 0 heterocycles. The van der Waals surface area contributed by atoms with Crippen LogP contribution in [0.5, 0.6) is 0 Å². The fourth-order valence-electron chi connectivity index (χ4n) is 1.20. The van der Waals surface area contributed by atoms with E-state index >= 15 is 0 Å². The number of hydrogen-bond acceptors (Lipinski definition) is 3. The number of aliphatic hydroxyl groups is 1. The van der Waals surface area contributed by atoms with Gasteiger partial charge in [0.1, 0.15) is 17.7 Å². The third-order valence-electron chi connectivity index (χ3n) is 2.11. The third kappa shape index (κ3) is 2.53. The number of anilines is 1. The van der Waals surface area contributed by atoms with Crippen molar-refractivity contribution in [3.63, 3.8) is 0 Å². The van der Waals surface area contributed by atoms with E-state index in [4.69, 9.17) is 5.73 Å². The first-order valence-corrected chi connectivity index (χ1v) is 4.58. The predicted molar refractivity (Wildman–Crippen MR) is 54.8 cm³/mol. The molecular weight excluding hydrogens is 218 g/mol. The summed E-state index contributed by atoms with van der Waals surface area (Å²) >= 11 is 0. The SMILES string of the molecule is CN(C(=O)C(O)CN)c1ccc(F)cc1F. The number of aliphatic hydroxyl groups excluding tert-OH is 1. The zero-order valence-corrected chi connectivity index (χ0v) is 8.65. The minimum atomic E-state index is -1.39. The van der Waals surface area contributed by atoms with Crippen molar-refractivity contribution in [3.05, 3.63) is 29.8 Å². The van der Waals surface area contributed by atoms with Crippen molar-refractivity contribution >= 4 is 11.6 Å². The van der Waals surface area contributed by atoms with E-state index in [1.807, 2.05) is 0 Å². The van der Waals surface area contributed by atoms with E-state index in [9.17, 15) is 18.7 Å². The number of halogens is 2. The molecule has 6 heteroatoms. The van der Waals surface area contributed by atoms with Crippen molar-refractivity contribution in [2.75, 3.05) is 18.5 Å². The molecule has 0 aliphatic heterocycles. The number of carbonyl (C=O) groups excluding carboxylic acids is 1. The van der Waals surface area contributed by atoms with Gasteiger partial charge in [-0.3, -0.25) is 4.79 Å². The first kappa shape index (κ1) is 12.5. The lowest BCUT2D eigenvalue weighted by molar-refractivity contribution is -0.125. The molecule has 1 aromatic carbocycles. The lowest BCUT2D eigenvalue weighted by Gasteiger charge is -2.20. The van der Waals surface area contributed by atoms with Gasteiger partial charge in [0.15, 0.2) is 0 Å². The van der Waals surface area contributed by atoms with Crippen molar-refractivity contribution in [1.29, 1.82) is 0 Å². The van der Waals surface area contributed by atoms with Crippen LogP contribution >= 0.6 is 0 Å². The molecule has 0 saturated heterocycles. The Labute approximate surface area is 91.3 Å². The summed E-state index contributed by atoms with van der Waals surface area (Å²) in [7, 11) is 1.28. The van der Waals surface area contributed by atoms with E-state index < -0.39 is 23.6 Å². The lowest BCUT2D eigenvalue weighted by atomic mass is 10.2. The topological polar surface area (TPSA) is 66.6 Å². The van der Waals surface area contributed by atoms with Gasteiger partial charge in [-0.1, -0.05) is 0 Å². The highest BCUT2D eigenvalue weighted by Gasteiger charge is 2.21. The maximum absolute atomic E-state index is 13.3. The van der Waals surface area contributed by atoms with Crippen LogP contribution in [0.15, 0.2) is 18.2 Å². The number of nitrogens with two attached hydrogens (primary N) is 1. The predicted octanol–water partition coefficient (Wildman–Crippen LogP) is 0.247. The summed E-state index contributed by atoms with van der Waals surface area (Å²) in [6, 6.07) is 2.80. The molecular formula is C10H12F2N2O2. The van der Waals surface area contributed by atoms with Gasteiger partial charge in [0.25, 0.3) is 5.91 Å². The number of amides is 1. The number of nitrogens with zero attached hydrogens (tertiary/aromatic N) is 1. The zero-order chi connectivity index (χ0) is 12.3. The van der Waals surface area contributed by atoms with Gasteiger partial charge in [0.2, 0.25) is 0 Å². The first-order chi connectivity index (χ1) is 7.47. The summed E-state index contributed by atoms with van der Waals surface area (Å²) < 4.78 is 25.9. The maximum Gasteiger partial charge on any atom is 0.256 e. The van der Waals surface area contributed by atoms with Crippen LogP contribution in [0.2, 0.25) is 0 Å². The van der Waals surface area contributed by atoms with Crippen molar-refractivity contribution < 1.29 is 18.7 Å². The maximum atomic E-state index is 13.3. The fraction of sp³-hybridized carbons (Fsp3) is 0.300. The summed E-state index contributed by atoms with van der Waals surface area (Å²) in [5.41, 5.74) is 4.99. The van der Waals surface area contributed by atoms with Crippen molar-refractivity contribution in [2.45, 2.75) is 6.10 Å². The van der Waals surface area contributed by atoms with Gasteiger partial charge in [0.05, 0.1) is 5.69 Å². The van der Waals surface area contributed by atoms with Gasteiger partial charge in [-0.2, -0.15) is 0 Å². The second-order valence-corrected chi connectivity index (χ2v) is 3.24. The van der Waals surface area contributed by atoms with E-state index in [1.54, 1.807) is 0 Å². The van der Waals surface area contributed by atoms with Crippen LogP contribution < -0.4 is 10.6 Å². The largest absolute Gasteiger partial charge is 0.382 e. The Hall–Kier alpha value is -1.53. The van der Waals surface area contributed by atoms with Crippen LogP contribution in [-0.2, 0) is 4.79 Å². The van der Waals surface area contributed by atoms with E-state index in [0.717, 1.165) is 17.0 Å². The average molecular weight is 230 g/mol. The minimum Gasteiger partial charge on any atom is -0.382 e. The first-order valence-electron chi connectivity index (χ1n) is 4.58. The number of benzene rings is 1. The number of carbonyl (C=O) groups is 1. The Bertz CT molecular complexity index is 398. The summed E-state index contributed by atoms with van der Waals surface area (Å²) in [5.74, 6) is -2.35. The van der Waals surface area contributed by atoms with Crippen molar-refractivity contribution in [2.24, 2.45) is 5.73 Å².